The van der Waals surface area contributed by atoms with E-state index < -0.39 is 0 Å². The highest BCUT2D eigenvalue weighted by Gasteiger charge is 2.12. The molecule has 0 aliphatic heterocycles. The number of aryl methyl sites for hydroxylation is 1. The molecule has 0 amide bonds. The van der Waals surface area contributed by atoms with Gasteiger partial charge in [-0.2, -0.15) is 0 Å². The van der Waals surface area contributed by atoms with Crippen LogP contribution in [0.5, 0.6) is 0 Å². The molecule has 2 aromatic heterocycles. The van der Waals surface area contributed by atoms with Crippen LogP contribution in [0.2, 0.25) is 5.02 Å². The zero-order valence-corrected chi connectivity index (χ0v) is 11.4. The average Bonchev–Trinajstić information content (AvgIpc) is 2.74. The number of nitrogens with zero attached hydrogens (tertiary/aromatic N) is 4. The number of rotatable bonds is 3. The Hall–Kier alpha value is -1.94. The first kappa shape index (κ1) is 12.1. The lowest BCUT2D eigenvalue weighted by Crippen LogP contribution is -2.02. The normalized spacial score (nSPS) is 11.3. The Morgan fingerprint density at radius 2 is 2.11 bits per heavy atom. The number of allylic oxidation sites excluding steroid dienone is 1. The molecule has 0 N–H and O–H groups in total. The van der Waals surface area contributed by atoms with Crippen molar-refractivity contribution in [1.82, 2.24) is 19.5 Å². The lowest BCUT2D eigenvalue weighted by Gasteiger charge is -2.03. The van der Waals surface area contributed by atoms with Crippen LogP contribution in [0.4, 0.5) is 0 Å². The highest BCUT2D eigenvalue weighted by molar-refractivity contribution is 6.31. The fourth-order valence-electron chi connectivity index (χ4n) is 2.16. The third kappa shape index (κ3) is 1.98. The van der Waals surface area contributed by atoms with Gasteiger partial charge < -0.3 is 4.57 Å². The molecule has 0 aliphatic rings. The van der Waals surface area contributed by atoms with Crippen molar-refractivity contribution in [3.05, 3.63) is 41.7 Å². The molecule has 0 bridgehead atoms. The van der Waals surface area contributed by atoms with Crippen LogP contribution in [0.15, 0.2) is 30.9 Å². The highest BCUT2D eigenvalue weighted by atomic mass is 35.5. The Labute approximate surface area is 115 Å². The van der Waals surface area contributed by atoms with E-state index in [1.54, 1.807) is 0 Å². The maximum absolute atomic E-state index is 5.98. The van der Waals surface area contributed by atoms with Gasteiger partial charge in [-0.1, -0.05) is 24.6 Å². The second-order valence-electron chi connectivity index (χ2n) is 4.28. The highest BCUT2D eigenvalue weighted by Crippen LogP contribution is 2.20. The summed E-state index contributed by atoms with van der Waals surface area (Å²) in [5, 5.41) is 0.655. The first-order valence-electron chi connectivity index (χ1n) is 6.16. The van der Waals surface area contributed by atoms with Crippen molar-refractivity contribution in [3.63, 3.8) is 0 Å². The fourth-order valence-corrected chi connectivity index (χ4v) is 2.33. The van der Waals surface area contributed by atoms with Gasteiger partial charge in [0.2, 0.25) is 0 Å². The molecular formula is C14H13ClN4. The largest absolute Gasteiger partial charge is 0.307 e. The van der Waals surface area contributed by atoms with Gasteiger partial charge in [-0.3, -0.25) is 0 Å². The summed E-state index contributed by atoms with van der Waals surface area (Å²) in [7, 11) is 0. The maximum atomic E-state index is 5.98. The third-order valence-corrected chi connectivity index (χ3v) is 3.26. The lowest BCUT2D eigenvalue weighted by atomic mass is 10.3. The summed E-state index contributed by atoms with van der Waals surface area (Å²) in [4.78, 5) is 13.7. The van der Waals surface area contributed by atoms with Gasteiger partial charge in [0.25, 0.3) is 0 Å². The van der Waals surface area contributed by atoms with Gasteiger partial charge in [0.15, 0.2) is 11.3 Å². The molecule has 0 saturated heterocycles. The summed E-state index contributed by atoms with van der Waals surface area (Å²) in [5.74, 6) is 0.969. The SMILES string of the molecule is C=CCn1c(CC)nc2nc3cc(Cl)ccc3nc21. The molecule has 19 heavy (non-hydrogen) atoms. The second kappa shape index (κ2) is 4.63. The average molecular weight is 273 g/mol. The van der Waals surface area contributed by atoms with Crippen molar-refractivity contribution in [2.24, 2.45) is 0 Å². The Kier molecular flexibility index (Phi) is 2.95. The molecule has 0 aliphatic carbocycles. The zero-order valence-electron chi connectivity index (χ0n) is 10.6. The second-order valence-corrected chi connectivity index (χ2v) is 4.72. The van der Waals surface area contributed by atoms with Crippen LogP contribution in [0.3, 0.4) is 0 Å². The van der Waals surface area contributed by atoms with Gasteiger partial charge in [-0.15, -0.1) is 6.58 Å². The monoisotopic (exact) mass is 272 g/mol. The van der Waals surface area contributed by atoms with Crippen molar-refractivity contribution < 1.29 is 0 Å². The fraction of sp³-hybridized carbons (Fsp3) is 0.214. The molecule has 0 radical (unpaired) electrons. The van der Waals surface area contributed by atoms with E-state index in [1.165, 1.54) is 0 Å². The Morgan fingerprint density at radius 1 is 1.26 bits per heavy atom. The zero-order chi connectivity index (χ0) is 13.4. The Bertz CT molecular complexity index is 776. The van der Waals surface area contributed by atoms with Crippen LogP contribution >= 0.6 is 11.6 Å². The van der Waals surface area contributed by atoms with Crippen LogP contribution < -0.4 is 0 Å². The minimum absolute atomic E-state index is 0.655. The Morgan fingerprint density at radius 3 is 2.84 bits per heavy atom. The standard InChI is InChI=1S/C14H13ClN4/c1-3-7-19-12(4-2)18-13-14(19)17-10-6-5-9(15)8-11(10)16-13/h3,5-6,8H,1,4,7H2,2H3. The van der Waals surface area contributed by atoms with E-state index >= 15 is 0 Å². The van der Waals surface area contributed by atoms with E-state index in [2.05, 4.69) is 28.5 Å². The first-order chi connectivity index (χ1) is 9.22. The molecule has 2 heterocycles. The predicted octanol–water partition coefficient (Wildman–Crippen LogP) is 3.38. The van der Waals surface area contributed by atoms with E-state index in [1.807, 2.05) is 28.8 Å². The van der Waals surface area contributed by atoms with E-state index in [-0.39, 0.29) is 0 Å². The molecule has 0 unspecified atom stereocenters. The van der Waals surface area contributed by atoms with E-state index in [9.17, 15) is 0 Å². The van der Waals surface area contributed by atoms with Gasteiger partial charge in [0, 0.05) is 18.0 Å². The molecule has 4 nitrogen and oxygen atoms in total. The Balaban J connectivity index is 2.35. The number of hydrogen-bond donors (Lipinski definition) is 0. The van der Waals surface area contributed by atoms with Crippen LogP contribution in [0.25, 0.3) is 22.3 Å². The molecule has 0 atom stereocenters. The number of halogens is 1. The van der Waals surface area contributed by atoms with Gasteiger partial charge in [-0.05, 0) is 18.2 Å². The van der Waals surface area contributed by atoms with E-state index in [0.29, 0.717) is 17.2 Å². The molecule has 0 fully saturated rings. The summed E-state index contributed by atoms with van der Waals surface area (Å²) in [5.41, 5.74) is 3.05. The summed E-state index contributed by atoms with van der Waals surface area (Å²) >= 11 is 5.98. The number of aromatic nitrogens is 4. The van der Waals surface area contributed by atoms with Crippen LogP contribution in [-0.4, -0.2) is 19.5 Å². The first-order valence-corrected chi connectivity index (χ1v) is 6.54. The lowest BCUT2D eigenvalue weighted by molar-refractivity contribution is 0.763. The topological polar surface area (TPSA) is 43.6 Å². The molecule has 96 valence electrons. The molecule has 0 saturated carbocycles. The summed E-state index contributed by atoms with van der Waals surface area (Å²) in [6.45, 7) is 6.53. The van der Waals surface area contributed by atoms with Crippen molar-refractivity contribution >= 4 is 33.9 Å². The van der Waals surface area contributed by atoms with Gasteiger partial charge >= 0.3 is 0 Å². The number of benzene rings is 1. The van der Waals surface area contributed by atoms with E-state index in [0.717, 1.165) is 28.9 Å². The quantitative estimate of drug-likeness (QED) is 0.687. The van der Waals surface area contributed by atoms with Gasteiger partial charge in [0.05, 0.1) is 11.0 Å². The third-order valence-electron chi connectivity index (χ3n) is 3.02. The number of hydrogen-bond acceptors (Lipinski definition) is 3. The minimum atomic E-state index is 0.655. The number of fused-ring (bicyclic) bond motifs is 2. The van der Waals surface area contributed by atoms with Crippen molar-refractivity contribution in [1.29, 1.82) is 0 Å². The van der Waals surface area contributed by atoms with Gasteiger partial charge in [0.1, 0.15) is 5.82 Å². The molecule has 1 aromatic carbocycles. The van der Waals surface area contributed by atoms with Crippen molar-refractivity contribution in [2.75, 3.05) is 0 Å². The molecule has 3 aromatic rings. The maximum Gasteiger partial charge on any atom is 0.198 e. The minimum Gasteiger partial charge on any atom is -0.307 e. The van der Waals surface area contributed by atoms with Crippen LogP contribution in [-0.2, 0) is 13.0 Å². The van der Waals surface area contributed by atoms with Crippen LogP contribution in [0.1, 0.15) is 12.7 Å². The molecule has 0 spiro atoms. The summed E-state index contributed by atoms with van der Waals surface area (Å²) in [6.07, 6.45) is 2.68. The van der Waals surface area contributed by atoms with Crippen molar-refractivity contribution in [2.45, 2.75) is 19.9 Å². The molecule has 3 rings (SSSR count). The van der Waals surface area contributed by atoms with E-state index in [4.69, 9.17) is 11.6 Å². The molecular weight excluding hydrogens is 260 g/mol. The van der Waals surface area contributed by atoms with Crippen molar-refractivity contribution in [3.8, 4) is 0 Å². The smallest absolute Gasteiger partial charge is 0.198 e. The predicted molar refractivity (Wildman–Crippen MR) is 77.4 cm³/mol. The van der Waals surface area contributed by atoms with Gasteiger partial charge in [-0.25, -0.2) is 15.0 Å². The number of imidazole rings is 1. The summed E-state index contributed by atoms with van der Waals surface area (Å²) in [6, 6.07) is 5.50. The summed E-state index contributed by atoms with van der Waals surface area (Å²) < 4.78 is 2.05. The molecule has 5 heteroatoms. The van der Waals surface area contributed by atoms with Crippen LogP contribution in [0, 0.1) is 0 Å².